The van der Waals surface area contributed by atoms with Crippen molar-refractivity contribution >= 4 is 38.3 Å². The van der Waals surface area contributed by atoms with E-state index in [-0.39, 0.29) is 0 Å². The molecule has 2 N–H and O–H groups in total. The van der Waals surface area contributed by atoms with Gasteiger partial charge in [-0.3, -0.25) is 4.90 Å². The van der Waals surface area contributed by atoms with Crippen molar-refractivity contribution in [1.82, 2.24) is 20.4 Å². The van der Waals surface area contributed by atoms with Gasteiger partial charge in [0.1, 0.15) is 0 Å². The minimum atomic E-state index is 0.291. The zero-order valence-electron chi connectivity index (χ0n) is 27.0. The van der Waals surface area contributed by atoms with Crippen molar-refractivity contribution in [3.63, 3.8) is 0 Å². The maximum atomic E-state index is 5.23. The minimum Gasteiger partial charge on any atom is -0.352 e. The second-order valence-corrected chi connectivity index (χ2v) is 13.4. The van der Waals surface area contributed by atoms with Gasteiger partial charge in [-0.05, 0) is 80.0 Å². The molecule has 0 radical (unpaired) electrons. The van der Waals surface area contributed by atoms with Crippen molar-refractivity contribution < 1.29 is 0 Å². The van der Waals surface area contributed by atoms with Crippen molar-refractivity contribution in [3.05, 3.63) is 144 Å². The normalized spacial score (nSPS) is 18.0. The molecule has 2 heterocycles. The molecule has 0 spiro atoms. The highest BCUT2D eigenvalue weighted by Crippen LogP contribution is 2.22. The van der Waals surface area contributed by atoms with Crippen LogP contribution >= 0.6 is 0 Å². The van der Waals surface area contributed by atoms with Gasteiger partial charge in [0.25, 0.3) is 0 Å². The van der Waals surface area contributed by atoms with E-state index in [0.717, 1.165) is 64.6 Å². The van der Waals surface area contributed by atoms with E-state index >= 15 is 0 Å². The Morgan fingerprint density at radius 3 is 1.72 bits per heavy atom. The molecule has 0 aliphatic carbocycles. The lowest BCUT2D eigenvalue weighted by molar-refractivity contribution is 0.203. The third kappa shape index (κ3) is 7.02. The van der Waals surface area contributed by atoms with Crippen molar-refractivity contribution in [3.8, 4) is 0 Å². The first kappa shape index (κ1) is 29.7. The van der Waals surface area contributed by atoms with E-state index in [1.807, 2.05) is 0 Å². The summed E-state index contributed by atoms with van der Waals surface area (Å²) in [4.78, 5) is 10.3. The van der Waals surface area contributed by atoms with Crippen LogP contribution in [0, 0.1) is 0 Å². The zero-order valence-corrected chi connectivity index (χ0v) is 27.0. The first-order valence-corrected chi connectivity index (χ1v) is 17.2. The predicted molar refractivity (Wildman–Crippen MR) is 197 cm³/mol. The smallest absolute Gasteiger partial charge is 0.194 e. The van der Waals surface area contributed by atoms with Gasteiger partial charge >= 0.3 is 0 Å². The Balaban J connectivity index is 0.948. The number of rotatable bonds is 10. The highest BCUT2D eigenvalue weighted by Gasteiger charge is 2.29. The third-order valence-electron chi connectivity index (χ3n) is 9.86. The molecule has 2 aliphatic heterocycles. The minimum absolute atomic E-state index is 0.291. The highest BCUT2D eigenvalue weighted by atomic mass is 15.4. The quantitative estimate of drug-likeness (QED) is 0.165. The largest absolute Gasteiger partial charge is 0.352 e. The number of guanidine groups is 1. The number of nitrogens with zero attached hydrogens (tertiary/aromatic N) is 3. The average Bonchev–Trinajstić information content (AvgIpc) is 3.11. The molecule has 47 heavy (non-hydrogen) atoms. The van der Waals surface area contributed by atoms with Crippen LogP contribution in [-0.4, -0.2) is 54.0 Å². The van der Waals surface area contributed by atoms with Crippen LogP contribution < -0.4 is 10.6 Å². The SMILES string of the molecule is c1ccc2cc(CNC[C@@H]3CCN4CC[C@@H](CN(Cc5ccc6ccccc6c5)Cc5ccc6ccccc6c5)NC4=N3)ccc2c1. The lowest BCUT2D eigenvalue weighted by atomic mass is 10.0. The van der Waals surface area contributed by atoms with E-state index in [1.165, 1.54) is 49.0 Å². The van der Waals surface area contributed by atoms with Crippen LogP contribution in [-0.2, 0) is 19.6 Å². The van der Waals surface area contributed by atoms with Crippen LogP contribution in [0.4, 0.5) is 0 Å². The van der Waals surface area contributed by atoms with E-state index in [9.17, 15) is 0 Å². The average molecular weight is 618 g/mol. The second-order valence-electron chi connectivity index (χ2n) is 13.4. The summed E-state index contributed by atoms with van der Waals surface area (Å²) in [5, 5.41) is 15.4. The van der Waals surface area contributed by atoms with Gasteiger partial charge in [-0.1, -0.05) is 109 Å². The molecule has 8 rings (SSSR count). The fourth-order valence-corrected chi connectivity index (χ4v) is 7.35. The van der Waals surface area contributed by atoms with Gasteiger partial charge in [-0.2, -0.15) is 0 Å². The van der Waals surface area contributed by atoms with E-state index in [0.29, 0.717) is 12.1 Å². The Bertz CT molecular complexity index is 1950. The summed E-state index contributed by atoms with van der Waals surface area (Å²) in [6.45, 7) is 6.68. The van der Waals surface area contributed by atoms with E-state index in [1.54, 1.807) is 0 Å². The van der Waals surface area contributed by atoms with Gasteiger partial charge in [0, 0.05) is 51.9 Å². The van der Waals surface area contributed by atoms with Gasteiger partial charge in [-0.25, -0.2) is 4.99 Å². The maximum absolute atomic E-state index is 5.23. The summed E-state index contributed by atoms with van der Waals surface area (Å²) in [5.74, 6) is 1.08. The number of benzene rings is 6. The lowest BCUT2D eigenvalue weighted by Crippen LogP contribution is -2.58. The molecular formula is C42H43N5. The van der Waals surface area contributed by atoms with Crippen LogP contribution in [0.2, 0.25) is 0 Å². The van der Waals surface area contributed by atoms with Crippen molar-refractivity contribution in [2.24, 2.45) is 4.99 Å². The lowest BCUT2D eigenvalue weighted by Gasteiger charge is -2.41. The summed E-state index contributed by atoms with van der Waals surface area (Å²) in [5.41, 5.74) is 4.03. The van der Waals surface area contributed by atoms with E-state index in [4.69, 9.17) is 4.99 Å². The summed E-state index contributed by atoms with van der Waals surface area (Å²) < 4.78 is 0. The monoisotopic (exact) mass is 617 g/mol. The van der Waals surface area contributed by atoms with Gasteiger partial charge in [0.15, 0.2) is 5.96 Å². The molecule has 0 amide bonds. The zero-order chi connectivity index (χ0) is 31.4. The molecule has 0 bridgehead atoms. The van der Waals surface area contributed by atoms with Crippen LogP contribution in [0.5, 0.6) is 0 Å². The molecule has 0 saturated carbocycles. The van der Waals surface area contributed by atoms with Crippen molar-refractivity contribution in [2.75, 3.05) is 26.2 Å². The van der Waals surface area contributed by atoms with Gasteiger partial charge < -0.3 is 15.5 Å². The molecule has 5 heteroatoms. The number of fused-ring (bicyclic) bond motifs is 4. The molecule has 2 atom stereocenters. The number of nitrogens with one attached hydrogen (secondary N) is 2. The highest BCUT2D eigenvalue weighted by molar-refractivity contribution is 5.85. The fourth-order valence-electron chi connectivity index (χ4n) is 7.35. The van der Waals surface area contributed by atoms with Gasteiger partial charge in [0.05, 0.1) is 6.04 Å². The van der Waals surface area contributed by atoms with Gasteiger partial charge in [-0.15, -0.1) is 0 Å². The molecule has 6 aromatic rings. The Kier molecular flexibility index (Phi) is 8.57. The topological polar surface area (TPSA) is 42.9 Å². The Labute approximate surface area is 277 Å². The van der Waals surface area contributed by atoms with E-state index < -0.39 is 0 Å². The Hall–Kier alpha value is -4.71. The predicted octanol–water partition coefficient (Wildman–Crippen LogP) is 7.73. The molecule has 1 saturated heterocycles. The summed E-state index contributed by atoms with van der Waals surface area (Å²) in [7, 11) is 0. The Morgan fingerprint density at radius 1 is 0.617 bits per heavy atom. The molecular weight excluding hydrogens is 574 g/mol. The maximum Gasteiger partial charge on any atom is 0.194 e. The molecule has 0 unspecified atom stereocenters. The first-order chi connectivity index (χ1) is 23.2. The molecule has 5 nitrogen and oxygen atoms in total. The van der Waals surface area contributed by atoms with Gasteiger partial charge in [0.2, 0.25) is 0 Å². The van der Waals surface area contributed by atoms with Crippen LogP contribution in [0.3, 0.4) is 0 Å². The van der Waals surface area contributed by atoms with Crippen LogP contribution in [0.1, 0.15) is 29.5 Å². The molecule has 1 fully saturated rings. The molecule has 6 aromatic carbocycles. The van der Waals surface area contributed by atoms with E-state index in [2.05, 4.69) is 148 Å². The standard InChI is InChI=1S/C42H43N5/c1-4-10-37-23-31(13-16-34(37)7-1)26-43-27-40-19-21-47-22-20-41(45-42(47)44-40)30-46(28-32-14-17-35-8-2-5-11-38(35)24-32)29-33-15-18-36-9-3-6-12-39(36)25-33/h1-18,23-25,40-41,43H,19-22,26-30H2,(H,44,45)/t40-,41-/m0/s1. The molecule has 2 aliphatic rings. The molecule has 0 aromatic heterocycles. The number of hydrogen-bond donors (Lipinski definition) is 2. The second kappa shape index (κ2) is 13.6. The summed E-state index contributed by atoms with van der Waals surface area (Å²) in [6.07, 6.45) is 2.21. The Morgan fingerprint density at radius 2 is 1.13 bits per heavy atom. The molecule has 236 valence electrons. The van der Waals surface area contributed by atoms with Crippen molar-refractivity contribution in [1.29, 1.82) is 0 Å². The first-order valence-electron chi connectivity index (χ1n) is 17.2. The van der Waals surface area contributed by atoms with Crippen LogP contribution in [0.15, 0.2) is 132 Å². The number of aliphatic imine (C=N–C) groups is 1. The van der Waals surface area contributed by atoms with Crippen LogP contribution in [0.25, 0.3) is 32.3 Å². The third-order valence-corrected chi connectivity index (χ3v) is 9.86. The fraction of sp³-hybridized carbons (Fsp3) is 0.262. The van der Waals surface area contributed by atoms with Crippen molar-refractivity contribution in [2.45, 2.75) is 44.6 Å². The summed E-state index contributed by atoms with van der Waals surface area (Å²) >= 11 is 0. The summed E-state index contributed by atoms with van der Waals surface area (Å²) in [6, 6.07) is 47.2. The number of hydrogen-bond acceptors (Lipinski definition) is 5.